The SMILES string of the molecule is COc1ccc2nc(C(F)(F)F)n(CC(=O)N3CCN(Cc4ncnn4C)C[C@H]3c3ncc(-c4cc5ccccc5nc4OC)[nH]3)c2c1. The Bertz CT molecular complexity index is 2120. The van der Waals surface area contributed by atoms with Gasteiger partial charge in [-0.2, -0.15) is 18.3 Å². The zero-order valence-corrected chi connectivity index (χ0v) is 26.3. The van der Waals surface area contributed by atoms with Crippen LogP contribution in [-0.2, 0) is 31.1 Å². The van der Waals surface area contributed by atoms with Crippen LogP contribution in [0.3, 0.4) is 0 Å². The van der Waals surface area contributed by atoms with E-state index in [2.05, 4.69) is 34.9 Å². The third-order valence-corrected chi connectivity index (χ3v) is 8.54. The number of amides is 1. The number of fused-ring (bicyclic) bond motifs is 2. The molecule has 1 atom stereocenters. The maximum atomic E-state index is 14.2. The van der Waals surface area contributed by atoms with Crippen LogP contribution in [0.25, 0.3) is 33.2 Å². The molecule has 1 fully saturated rings. The summed E-state index contributed by atoms with van der Waals surface area (Å²) < 4.78 is 56.0. The first-order valence-electron chi connectivity index (χ1n) is 15.1. The average Bonchev–Trinajstić information content (AvgIpc) is 3.83. The van der Waals surface area contributed by atoms with Crippen molar-refractivity contribution in [2.24, 2.45) is 7.05 Å². The molecular weight excluding hydrogens is 629 g/mol. The maximum absolute atomic E-state index is 14.2. The second-order valence-corrected chi connectivity index (χ2v) is 11.4. The van der Waals surface area contributed by atoms with Gasteiger partial charge in [0.05, 0.1) is 54.8 Å². The first-order valence-corrected chi connectivity index (χ1v) is 15.1. The first-order chi connectivity index (χ1) is 23.1. The van der Waals surface area contributed by atoms with E-state index in [1.807, 2.05) is 30.3 Å². The second-order valence-electron chi connectivity index (χ2n) is 11.4. The van der Waals surface area contributed by atoms with Crippen molar-refractivity contribution < 1.29 is 27.4 Å². The highest BCUT2D eigenvalue weighted by molar-refractivity contribution is 5.85. The molecular formula is C32H31F3N10O3. The number of aromatic nitrogens is 8. The highest BCUT2D eigenvalue weighted by Crippen LogP contribution is 2.35. The molecule has 0 bridgehead atoms. The van der Waals surface area contributed by atoms with E-state index in [-0.39, 0.29) is 17.6 Å². The van der Waals surface area contributed by atoms with Crippen molar-refractivity contribution >= 4 is 27.8 Å². The van der Waals surface area contributed by atoms with Gasteiger partial charge in [-0.25, -0.2) is 19.9 Å². The number of aryl methyl sites for hydroxylation is 1. The van der Waals surface area contributed by atoms with Crippen LogP contribution < -0.4 is 9.47 Å². The summed E-state index contributed by atoms with van der Waals surface area (Å²) in [5.41, 5.74) is 2.31. The van der Waals surface area contributed by atoms with Crippen molar-refractivity contribution in [1.82, 2.24) is 49.1 Å². The molecule has 1 amide bonds. The molecule has 0 unspecified atom stereocenters. The lowest BCUT2D eigenvalue weighted by Crippen LogP contribution is -2.51. The highest BCUT2D eigenvalue weighted by atomic mass is 19.4. The largest absolute Gasteiger partial charge is 0.497 e. The molecule has 1 saturated heterocycles. The number of methoxy groups -OCH3 is 2. The van der Waals surface area contributed by atoms with E-state index in [0.717, 1.165) is 21.3 Å². The van der Waals surface area contributed by atoms with Crippen LogP contribution in [0.15, 0.2) is 61.1 Å². The Kier molecular flexibility index (Phi) is 7.94. The van der Waals surface area contributed by atoms with E-state index in [9.17, 15) is 18.0 Å². The minimum absolute atomic E-state index is 0.106. The third-order valence-electron chi connectivity index (χ3n) is 8.54. The van der Waals surface area contributed by atoms with E-state index in [1.54, 1.807) is 22.8 Å². The van der Waals surface area contributed by atoms with E-state index in [1.165, 1.54) is 38.7 Å². The lowest BCUT2D eigenvalue weighted by molar-refractivity contribution is -0.148. The topological polar surface area (TPSA) is 132 Å². The van der Waals surface area contributed by atoms with Gasteiger partial charge in [-0.05, 0) is 24.3 Å². The number of nitrogens with zero attached hydrogens (tertiary/aromatic N) is 9. The fraction of sp³-hybridized carbons (Fsp3) is 0.312. The number of rotatable bonds is 8. The Morgan fingerprint density at radius 2 is 1.85 bits per heavy atom. The number of nitrogens with one attached hydrogen (secondary N) is 1. The highest BCUT2D eigenvalue weighted by Gasteiger charge is 2.40. The summed E-state index contributed by atoms with van der Waals surface area (Å²) in [5.74, 6) is 0.258. The van der Waals surface area contributed by atoms with Crippen molar-refractivity contribution in [3.8, 4) is 22.9 Å². The van der Waals surface area contributed by atoms with Gasteiger partial charge < -0.3 is 23.9 Å². The fourth-order valence-electron chi connectivity index (χ4n) is 6.10. The maximum Gasteiger partial charge on any atom is 0.449 e. The summed E-state index contributed by atoms with van der Waals surface area (Å²) in [5, 5.41) is 5.05. The number of piperazine rings is 1. The van der Waals surface area contributed by atoms with Gasteiger partial charge >= 0.3 is 6.18 Å². The molecule has 7 rings (SSSR count). The molecule has 1 N–H and O–H groups in total. The van der Waals surface area contributed by atoms with Gasteiger partial charge in [0.25, 0.3) is 0 Å². The predicted molar refractivity (Wildman–Crippen MR) is 168 cm³/mol. The van der Waals surface area contributed by atoms with Crippen LogP contribution in [0, 0.1) is 0 Å². The van der Waals surface area contributed by atoms with Crippen molar-refractivity contribution in [2.45, 2.75) is 25.3 Å². The molecule has 248 valence electrons. The summed E-state index contributed by atoms with van der Waals surface area (Å²) in [6.07, 6.45) is -1.67. The van der Waals surface area contributed by atoms with Crippen molar-refractivity contribution in [2.75, 3.05) is 33.9 Å². The summed E-state index contributed by atoms with van der Waals surface area (Å²) in [6.45, 7) is 0.887. The predicted octanol–water partition coefficient (Wildman–Crippen LogP) is 4.22. The van der Waals surface area contributed by atoms with Crippen molar-refractivity contribution in [3.05, 3.63) is 78.5 Å². The lowest BCUT2D eigenvalue weighted by Gasteiger charge is -2.40. The fourth-order valence-corrected chi connectivity index (χ4v) is 6.10. The molecule has 0 spiro atoms. The quantitative estimate of drug-likeness (QED) is 0.255. The number of pyridine rings is 1. The third kappa shape index (κ3) is 5.78. The number of alkyl halides is 3. The minimum Gasteiger partial charge on any atom is -0.497 e. The Morgan fingerprint density at radius 3 is 2.60 bits per heavy atom. The zero-order chi connectivity index (χ0) is 33.6. The normalized spacial score (nSPS) is 15.8. The number of ether oxygens (including phenoxy) is 2. The van der Waals surface area contributed by atoms with E-state index in [4.69, 9.17) is 9.47 Å². The Morgan fingerprint density at radius 1 is 1.02 bits per heavy atom. The number of para-hydroxylation sites is 1. The van der Waals surface area contributed by atoms with Crippen LogP contribution in [-0.4, -0.2) is 88.8 Å². The monoisotopic (exact) mass is 660 g/mol. The number of carbonyl (C=O) groups is 1. The summed E-state index contributed by atoms with van der Waals surface area (Å²) in [6, 6.07) is 13.4. The number of imidazole rings is 2. The van der Waals surface area contributed by atoms with Gasteiger partial charge in [0.1, 0.15) is 36.3 Å². The van der Waals surface area contributed by atoms with Crippen LogP contribution in [0.5, 0.6) is 11.6 Å². The number of H-pyrrole nitrogens is 1. The summed E-state index contributed by atoms with van der Waals surface area (Å²) in [4.78, 5) is 38.6. The molecule has 5 heterocycles. The molecule has 0 saturated carbocycles. The molecule has 1 aliphatic heterocycles. The molecule has 13 nitrogen and oxygen atoms in total. The van der Waals surface area contributed by atoms with Crippen molar-refractivity contribution in [3.63, 3.8) is 0 Å². The van der Waals surface area contributed by atoms with Crippen LogP contribution in [0.1, 0.15) is 23.5 Å². The van der Waals surface area contributed by atoms with Crippen LogP contribution in [0.4, 0.5) is 13.2 Å². The number of aromatic amines is 1. The molecule has 2 aromatic carbocycles. The van der Waals surface area contributed by atoms with Gasteiger partial charge in [-0.3, -0.25) is 14.4 Å². The van der Waals surface area contributed by atoms with Gasteiger partial charge in [0.15, 0.2) is 0 Å². The van der Waals surface area contributed by atoms with Crippen molar-refractivity contribution in [1.29, 1.82) is 0 Å². The van der Waals surface area contributed by atoms with Crippen LogP contribution in [0.2, 0.25) is 0 Å². The number of carbonyl (C=O) groups excluding carboxylic acids is 1. The van der Waals surface area contributed by atoms with Gasteiger partial charge in [0.2, 0.25) is 17.6 Å². The molecule has 0 radical (unpaired) electrons. The number of hydrogen-bond donors (Lipinski definition) is 1. The lowest BCUT2D eigenvalue weighted by atomic mass is 10.1. The molecule has 4 aromatic heterocycles. The standard InChI is InChI=1S/C32H31F3N10O3/c1-42-27(37-18-38-42)16-43-10-11-44(28(46)17-45-25-13-20(47-2)8-9-23(25)41-31(45)32(33,34)35)26(15-43)29-36-14-24(39-29)21-12-19-6-4-5-7-22(19)40-30(21)48-3/h4-9,12-14,18,26H,10-11,15-17H2,1-3H3,(H,36,39)/t26-/m0/s1. The van der Waals surface area contributed by atoms with Gasteiger partial charge in [-0.15, -0.1) is 0 Å². The van der Waals surface area contributed by atoms with Crippen LogP contribution >= 0.6 is 0 Å². The zero-order valence-electron chi connectivity index (χ0n) is 26.3. The first kappa shape index (κ1) is 31.1. The number of halogens is 3. The Balaban J connectivity index is 1.25. The molecule has 0 aliphatic carbocycles. The molecule has 1 aliphatic rings. The second kappa shape index (κ2) is 12.3. The summed E-state index contributed by atoms with van der Waals surface area (Å²) in [7, 11) is 4.75. The van der Waals surface area contributed by atoms with Gasteiger partial charge in [0, 0.05) is 38.1 Å². The van der Waals surface area contributed by atoms with E-state index < -0.39 is 30.5 Å². The minimum atomic E-state index is -4.79. The molecule has 16 heteroatoms. The molecule has 48 heavy (non-hydrogen) atoms. The summed E-state index contributed by atoms with van der Waals surface area (Å²) >= 11 is 0. The number of benzene rings is 2. The van der Waals surface area contributed by atoms with Gasteiger partial charge in [-0.1, -0.05) is 18.2 Å². The Labute approximate surface area is 271 Å². The Hall–Kier alpha value is -5.51. The van der Waals surface area contributed by atoms with E-state index >= 15 is 0 Å². The smallest absolute Gasteiger partial charge is 0.449 e. The number of hydrogen-bond acceptors (Lipinski definition) is 9. The molecule has 6 aromatic rings. The average molecular weight is 661 g/mol. The van der Waals surface area contributed by atoms with E-state index in [0.29, 0.717) is 48.3 Å².